The van der Waals surface area contributed by atoms with E-state index in [1.807, 2.05) is 6.92 Å². The molecule has 0 fully saturated rings. The molecule has 0 bridgehead atoms. The highest BCUT2D eigenvalue weighted by atomic mass is 16.6. The summed E-state index contributed by atoms with van der Waals surface area (Å²) in [5.74, 6) is 0. The Morgan fingerprint density at radius 2 is 1.90 bits per heavy atom. The molecule has 4 N–H and O–H groups in total. The minimum atomic E-state index is -0.851. The zero-order valence-electron chi connectivity index (χ0n) is 11.2. The van der Waals surface area contributed by atoms with Crippen molar-refractivity contribution in [3.05, 3.63) is 28.3 Å². The van der Waals surface area contributed by atoms with Crippen LogP contribution in [0.2, 0.25) is 0 Å². The number of benzene rings is 1. The first kappa shape index (κ1) is 15.5. The van der Waals surface area contributed by atoms with E-state index in [0.29, 0.717) is 17.9 Å². The van der Waals surface area contributed by atoms with E-state index in [-0.39, 0.29) is 12.3 Å². The van der Waals surface area contributed by atoms with Gasteiger partial charge in [-0.15, -0.1) is 0 Å². The molecule has 0 aliphatic rings. The number of nitrogens with one attached hydrogen (secondary N) is 2. The molecule has 1 rings (SSSR count). The second-order valence-corrected chi connectivity index (χ2v) is 4.05. The SMILES string of the molecule is CCCNc1cc(NCCOC(N)=O)cc([N+](=O)[O-])c1. The van der Waals surface area contributed by atoms with E-state index >= 15 is 0 Å². The Hall–Kier alpha value is -2.51. The van der Waals surface area contributed by atoms with Gasteiger partial charge in [0.1, 0.15) is 6.61 Å². The molecule has 8 heteroatoms. The van der Waals surface area contributed by atoms with Crippen molar-refractivity contribution < 1.29 is 14.5 Å². The summed E-state index contributed by atoms with van der Waals surface area (Å²) in [6, 6.07) is 4.65. The second kappa shape index (κ2) is 7.82. The van der Waals surface area contributed by atoms with E-state index in [2.05, 4.69) is 15.4 Å². The van der Waals surface area contributed by atoms with Gasteiger partial charge in [-0.25, -0.2) is 4.79 Å². The van der Waals surface area contributed by atoms with Crippen molar-refractivity contribution in [2.75, 3.05) is 30.3 Å². The number of nitro benzene ring substituents is 1. The number of rotatable bonds is 8. The van der Waals surface area contributed by atoms with Crippen LogP contribution in [-0.4, -0.2) is 30.7 Å². The van der Waals surface area contributed by atoms with Crippen molar-refractivity contribution >= 4 is 23.2 Å². The molecule has 8 nitrogen and oxygen atoms in total. The van der Waals surface area contributed by atoms with Crippen LogP contribution in [0, 0.1) is 10.1 Å². The number of amides is 1. The topological polar surface area (TPSA) is 120 Å². The van der Waals surface area contributed by atoms with E-state index < -0.39 is 11.0 Å². The molecule has 0 radical (unpaired) electrons. The summed E-state index contributed by atoms with van der Waals surface area (Å²) in [5.41, 5.74) is 6.06. The molecular formula is C12H18N4O4. The number of nitro groups is 1. The lowest BCUT2D eigenvalue weighted by atomic mass is 10.2. The number of hydrogen-bond acceptors (Lipinski definition) is 6. The molecule has 0 saturated heterocycles. The molecule has 0 aromatic heterocycles. The number of nitrogens with zero attached hydrogens (tertiary/aromatic N) is 1. The van der Waals surface area contributed by atoms with Crippen molar-refractivity contribution in [3.63, 3.8) is 0 Å². The van der Waals surface area contributed by atoms with Gasteiger partial charge in [-0.05, 0) is 12.5 Å². The molecule has 0 heterocycles. The van der Waals surface area contributed by atoms with E-state index in [1.165, 1.54) is 12.1 Å². The monoisotopic (exact) mass is 282 g/mol. The third-order valence-electron chi connectivity index (χ3n) is 2.38. The summed E-state index contributed by atoms with van der Waals surface area (Å²) in [6.07, 6.45) is 0.0638. The van der Waals surface area contributed by atoms with Crippen LogP contribution >= 0.6 is 0 Å². The first-order valence-electron chi connectivity index (χ1n) is 6.22. The van der Waals surface area contributed by atoms with Gasteiger partial charge in [0.15, 0.2) is 0 Å². The minimum Gasteiger partial charge on any atom is -0.448 e. The number of non-ortho nitro benzene ring substituents is 1. The van der Waals surface area contributed by atoms with Gasteiger partial charge in [0, 0.05) is 36.6 Å². The van der Waals surface area contributed by atoms with Crippen LogP contribution in [0.15, 0.2) is 18.2 Å². The second-order valence-electron chi connectivity index (χ2n) is 4.05. The summed E-state index contributed by atoms with van der Waals surface area (Å²) in [4.78, 5) is 20.8. The Morgan fingerprint density at radius 3 is 2.40 bits per heavy atom. The average molecular weight is 282 g/mol. The van der Waals surface area contributed by atoms with Crippen LogP contribution in [0.4, 0.5) is 21.9 Å². The maximum Gasteiger partial charge on any atom is 0.404 e. The van der Waals surface area contributed by atoms with Crippen molar-refractivity contribution in [2.45, 2.75) is 13.3 Å². The summed E-state index contributed by atoms with van der Waals surface area (Å²) in [5, 5.41) is 16.9. The van der Waals surface area contributed by atoms with Gasteiger partial charge >= 0.3 is 6.09 Å². The lowest BCUT2D eigenvalue weighted by molar-refractivity contribution is -0.384. The van der Waals surface area contributed by atoms with Crippen molar-refractivity contribution in [1.29, 1.82) is 0 Å². The first-order valence-corrected chi connectivity index (χ1v) is 6.22. The maximum atomic E-state index is 10.9. The number of carbonyl (C=O) groups excluding carboxylic acids is 1. The van der Waals surface area contributed by atoms with Gasteiger partial charge in [-0.1, -0.05) is 6.92 Å². The first-order chi connectivity index (χ1) is 9.52. The molecule has 0 aliphatic heterocycles. The Kier molecular flexibility index (Phi) is 6.08. The molecule has 1 aromatic rings. The van der Waals surface area contributed by atoms with Crippen LogP contribution in [0.3, 0.4) is 0 Å². The normalized spacial score (nSPS) is 9.85. The van der Waals surface area contributed by atoms with E-state index in [0.717, 1.165) is 13.0 Å². The zero-order chi connectivity index (χ0) is 15.0. The molecule has 20 heavy (non-hydrogen) atoms. The smallest absolute Gasteiger partial charge is 0.404 e. The fourth-order valence-corrected chi connectivity index (χ4v) is 1.54. The summed E-state index contributed by atoms with van der Waals surface area (Å²) >= 11 is 0. The molecule has 110 valence electrons. The zero-order valence-corrected chi connectivity index (χ0v) is 11.2. The van der Waals surface area contributed by atoms with Crippen LogP contribution in [0.25, 0.3) is 0 Å². The number of anilines is 2. The van der Waals surface area contributed by atoms with Crippen LogP contribution in [0.1, 0.15) is 13.3 Å². The number of carbonyl (C=O) groups is 1. The number of hydrogen-bond donors (Lipinski definition) is 3. The quantitative estimate of drug-likeness (QED) is 0.380. The minimum absolute atomic E-state index is 0.00979. The number of nitrogens with two attached hydrogens (primary N) is 1. The summed E-state index contributed by atoms with van der Waals surface area (Å²) in [7, 11) is 0. The highest BCUT2D eigenvalue weighted by molar-refractivity contribution is 5.65. The third-order valence-corrected chi connectivity index (χ3v) is 2.38. The Bertz CT molecular complexity index is 479. The standard InChI is InChI=1S/C12H18N4O4/c1-2-3-14-9-6-10(8-11(7-9)16(18)19)15-4-5-20-12(13)17/h6-8,14-15H,2-5H2,1H3,(H2,13,17). The molecule has 0 saturated carbocycles. The van der Waals surface area contributed by atoms with Crippen LogP contribution in [-0.2, 0) is 4.74 Å². The van der Waals surface area contributed by atoms with Crippen molar-refractivity contribution in [1.82, 2.24) is 0 Å². The van der Waals surface area contributed by atoms with Gasteiger partial charge in [0.2, 0.25) is 0 Å². The molecule has 1 amide bonds. The predicted molar refractivity (Wildman–Crippen MR) is 75.9 cm³/mol. The van der Waals surface area contributed by atoms with Crippen LogP contribution in [0.5, 0.6) is 0 Å². The van der Waals surface area contributed by atoms with Crippen molar-refractivity contribution in [3.8, 4) is 0 Å². The van der Waals surface area contributed by atoms with E-state index in [1.54, 1.807) is 6.07 Å². The molecule has 0 unspecified atom stereocenters. The van der Waals surface area contributed by atoms with E-state index in [4.69, 9.17) is 5.73 Å². The Balaban J connectivity index is 2.70. The Labute approximate surface area is 116 Å². The lowest BCUT2D eigenvalue weighted by Crippen LogP contribution is -2.18. The van der Waals surface area contributed by atoms with Gasteiger partial charge in [-0.3, -0.25) is 10.1 Å². The highest BCUT2D eigenvalue weighted by Crippen LogP contribution is 2.24. The van der Waals surface area contributed by atoms with E-state index in [9.17, 15) is 14.9 Å². The Morgan fingerprint density at radius 1 is 1.30 bits per heavy atom. The van der Waals surface area contributed by atoms with Crippen molar-refractivity contribution in [2.24, 2.45) is 5.73 Å². The highest BCUT2D eigenvalue weighted by Gasteiger charge is 2.09. The third kappa shape index (κ3) is 5.42. The summed E-state index contributed by atoms with van der Waals surface area (Å²) in [6.45, 7) is 3.14. The number of primary amides is 1. The van der Waals surface area contributed by atoms with Gasteiger partial charge in [0.25, 0.3) is 5.69 Å². The predicted octanol–water partition coefficient (Wildman–Crippen LogP) is 1.92. The largest absolute Gasteiger partial charge is 0.448 e. The molecule has 0 spiro atoms. The van der Waals surface area contributed by atoms with Gasteiger partial charge in [-0.2, -0.15) is 0 Å². The van der Waals surface area contributed by atoms with Gasteiger partial charge in [0.05, 0.1) is 4.92 Å². The average Bonchev–Trinajstić information content (AvgIpc) is 2.41. The fourth-order valence-electron chi connectivity index (χ4n) is 1.54. The number of ether oxygens (including phenoxy) is 1. The fraction of sp³-hybridized carbons (Fsp3) is 0.417. The molecule has 0 atom stereocenters. The molecular weight excluding hydrogens is 264 g/mol. The molecule has 0 aliphatic carbocycles. The summed E-state index contributed by atoms with van der Waals surface area (Å²) < 4.78 is 4.56. The van der Waals surface area contributed by atoms with Gasteiger partial charge < -0.3 is 21.1 Å². The maximum absolute atomic E-state index is 10.9. The molecule has 1 aromatic carbocycles. The van der Waals surface area contributed by atoms with Crippen LogP contribution < -0.4 is 16.4 Å². The lowest BCUT2D eigenvalue weighted by Gasteiger charge is -2.10.